The van der Waals surface area contributed by atoms with Crippen LogP contribution >= 0.6 is 0 Å². The second-order valence-corrected chi connectivity index (χ2v) is 5.95. The standard InChI is InChI=1S/C13H15N3O3S/c1-9-6-11(20(14,17)18)7-10(2)13(9)19-8-12-15-4-3-5-16-12/h3-7H,8H2,1-2H3,(H2,14,17,18). The monoisotopic (exact) mass is 293 g/mol. The van der Waals surface area contributed by atoms with Gasteiger partial charge in [0, 0.05) is 12.4 Å². The molecule has 2 N–H and O–H groups in total. The second kappa shape index (κ2) is 5.56. The van der Waals surface area contributed by atoms with Crippen LogP contribution in [0.4, 0.5) is 0 Å². The minimum Gasteiger partial charge on any atom is -0.485 e. The van der Waals surface area contributed by atoms with Gasteiger partial charge in [-0.2, -0.15) is 0 Å². The quantitative estimate of drug-likeness (QED) is 0.917. The van der Waals surface area contributed by atoms with Gasteiger partial charge < -0.3 is 4.74 Å². The van der Waals surface area contributed by atoms with E-state index in [2.05, 4.69) is 9.97 Å². The summed E-state index contributed by atoms with van der Waals surface area (Å²) < 4.78 is 28.4. The molecule has 0 amide bonds. The van der Waals surface area contributed by atoms with Crippen LogP contribution < -0.4 is 9.88 Å². The molecule has 0 bridgehead atoms. The lowest BCUT2D eigenvalue weighted by molar-refractivity contribution is 0.291. The first-order valence-electron chi connectivity index (χ1n) is 5.90. The van der Waals surface area contributed by atoms with Crippen LogP contribution in [0.1, 0.15) is 17.0 Å². The van der Waals surface area contributed by atoms with E-state index in [1.165, 1.54) is 12.1 Å². The van der Waals surface area contributed by atoms with Crippen molar-refractivity contribution in [3.8, 4) is 5.75 Å². The van der Waals surface area contributed by atoms with Crippen LogP contribution in [0.15, 0.2) is 35.5 Å². The molecular formula is C13H15N3O3S. The van der Waals surface area contributed by atoms with Crippen LogP contribution in [0, 0.1) is 13.8 Å². The van der Waals surface area contributed by atoms with Crippen molar-refractivity contribution in [1.29, 1.82) is 0 Å². The summed E-state index contributed by atoms with van der Waals surface area (Å²) in [5.74, 6) is 1.17. The molecule has 0 fully saturated rings. The zero-order valence-electron chi connectivity index (χ0n) is 11.2. The summed E-state index contributed by atoms with van der Waals surface area (Å²) in [6.07, 6.45) is 3.27. The van der Waals surface area contributed by atoms with E-state index in [1.807, 2.05) is 0 Å². The van der Waals surface area contributed by atoms with Gasteiger partial charge in [-0.3, -0.25) is 0 Å². The maximum Gasteiger partial charge on any atom is 0.238 e. The van der Waals surface area contributed by atoms with Crippen LogP contribution in [-0.2, 0) is 16.6 Å². The summed E-state index contributed by atoms with van der Waals surface area (Å²) in [6.45, 7) is 3.75. The molecule has 0 radical (unpaired) electrons. The minimum absolute atomic E-state index is 0.0795. The fourth-order valence-corrected chi connectivity index (χ4v) is 2.53. The highest BCUT2D eigenvalue weighted by atomic mass is 32.2. The number of hydrogen-bond acceptors (Lipinski definition) is 5. The van der Waals surface area contributed by atoms with Crippen molar-refractivity contribution >= 4 is 10.0 Å². The molecule has 1 heterocycles. The molecule has 0 aliphatic rings. The van der Waals surface area contributed by atoms with Gasteiger partial charge in [-0.15, -0.1) is 0 Å². The van der Waals surface area contributed by atoms with Crippen LogP contribution in [0.2, 0.25) is 0 Å². The van der Waals surface area contributed by atoms with Gasteiger partial charge in [-0.05, 0) is 43.2 Å². The number of sulfonamides is 1. The molecule has 7 heteroatoms. The maximum atomic E-state index is 11.3. The van der Waals surface area contributed by atoms with Crippen LogP contribution in [0.5, 0.6) is 5.75 Å². The predicted octanol–water partition coefficient (Wildman–Crippen LogP) is 1.32. The highest BCUT2D eigenvalue weighted by molar-refractivity contribution is 7.89. The molecule has 0 spiro atoms. The predicted molar refractivity (Wildman–Crippen MR) is 73.7 cm³/mol. The van der Waals surface area contributed by atoms with Crippen LogP contribution in [-0.4, -0.2) is 18.4 Å². The Morgan fingerprint density at radius 2 is 1.70 bits per heavy atom. The summed E-state index contributed by atoms with van der Waals surface area (Å²) in [5.41, 5.74) is 1.40. The summed E-state index contributed by atoms with van der Waals surface area (Å²) in [7, 11) is -3.71. The lowest BCUT2D eigenvalue weighted by atomic mass is 10.1. The van der Waals surface area contributed by atoms with Crippen molar-refractivity contribution in [2.45, 2.75) is 25.3 Å². The Bertz CT molecular complexity index is 692. The molecule has 0 aliphatic heterocycles. The van der Waals surface area contributed by atoms with E-state index < -0.39 is 10.0 Å². The first kappa shape index (κ1) is 14.4. The molecule has 2 aromatic rings. The van der Waals surface area contributed by atoms with Crippen molar-refractivity contribution in [3.63, 3.8) is 0 Å². The van der Waals surface area contributed by atoms with Gasteiger partial charge in [0.2, 0.25) is 10.0 Å². The Morgan fingerprint density at radius 1 is 1.15 bits per heavy atom. The number of nitrogens with two attached hydrogens (primary N) is 1. The van der Waals surface area contributed by atoms with Crippen LogP contribution in [0.3, 0.4) is 0 Å². The Morgan fingerprint density at radius 3 is 2.20 bits per heavy atom. The van der Waals surface area contributed by atoms with Crippen molar-refractivity contribution in [2.75, 3.05) is 0 Å². The van der Waals surface area contributed by atoms with E-state index in [1.54, 1.807) is 32.3 Å². The van der Waals surface area contributed by atoms with Crippen LogP contribution in [0.25, 0.3) is 0 Å². The molecular weight excluding hydrogens is 278 g/mol. The van der Waals surface area contributed by atoms with E-state index >= 15 is 0 Å². The maximum absolute atomic E-state index is 11.3. The van der Waals surface area contributed by atoms with Gasteiger partial charge in [-0.1, -0.05) is 0 Å². The number of nitrogens with zero attached hydrogens (tertiary/aromatic N) is 2. The fraction of sp³-hybridized carbons (Fsp3) is 0.231. The van der Waals surface area contributed by atoms with Crippen molar-refractivity contribution in [2.24, 2.45) is 5.14 Å². The van der Waals surface area contributed by atoms with Crippen molar-refractivity contribution in [3.05, 3.63) is 47.5 Å². The Balaban J connectivity index is 2.25. The van der Waals surface area contributed by atoms with Crippen molar-refractivity contribution in [1.82, 2.24) is 9.97 Å². The SMILES string of the molecule is Cc1cc(S(N)(=O)=O)cc(C)c1OCc1ncccn1. The first-order valence-corrected chi connectivity index (χ1v) is 7.45. The molecule has 0 atom stereocenters. The molecule has 1 aromatic carbocycles. The van der Waals surface area contributed by atoms with Gasteiger partial charge in [0.25, 0.3) is 0 Å². The molecule has 2 rings (SSSR count). The smallest absolute Gasteiger partial charge is 0.238 e. The fourth-order valence-electron chi connectivity index (χ4n) is 1.84. The minimum atomic E-state index is -3.71. The third-order valence-corrected chi connectivity index (χ3v) is 3.62. The average molecular weight is 293 g/mol. The molecule has 0 saturated carbocycles. The number of ether oxygens (including phenoxy) is 1. The number of hydrogen-bond donors (Lipinski definition) is 1. The van der Waals surface area contributed by atoms with Gasteiger partial charge >= 0.3 is 0 Å². The molecule has 0 unspecified atom stereocenters. The number of aryl methyl sites for hydroxylation is 2. The van der Waals surface area contributed by atoms with E-state index in [-0.39, 0.29) is 11.5 Å². The summed E-state index contributed by atoms with van der Waals surface area (Å²) in [6, 6.07) is 4.70. The third kappa shape index (κ3) is 3.31. The number of aromatic nitrogens is 2. The van der Waals surface area contributed by atoms with Gasteiger partial charge in [0.15, 0.2) is 5.82 Å². The Hall–Kier alpha value is -1.99. The second-order valence-electron chi connectivity index (χ2n) is 4.38. The molecule has 0 aliphatic carbocycles. The number of benzene rings is 1. The Kier molecular flexibility index (Phi) is 4.01. The lowest BCUT2D eigenvalue weighted by Crippen LogP contribution is -2.13. The highest BCUT2D eigenvalue weighted by Gasteiger charge is 2.13. The van der Waals surface area contributed by atoms with Gasteiger partial charge in [0.05, 0.1) is 4.90 Å². The number of primary sulfonamides is 1. The summed E-state index contributed by atoms with van der Waals surface area (Å²) >= 11 is 0. The van der Waals surface area contributed by atoms with E-state index in [4.69, 9.17) is 9.88 Å². The summed E-state index contributed by atoms with van der Waals surface area (Å²) in [5, 5.41) is 5.12. The molecule has 6 nitrogen and oxygen atoms in total. The van der Waals surface area contributed by atoms with E-state index in [0.29, 0.717) is 22.7 Å². The van der Waals surface area contributed by atoms with E-state index in [9.17, 15) is 8.42 Å². The highest BCUT2D eigenvalue weighted by Crippen LogP contribution is 2.26. The first-order chi connectivity index (χ1) is 9.38. The largest absolute Gasteiger partial charge is 0.485 e. The summed E-state index contributed by atoms with van der Waals surface area (Å²) in [4.78, 5) is 8.20. The zero-order chi connectivity index (χ0) is 14.8. The molecule has 20 heavy (non-hydrogen) atoms. The average Bonchev–Trinajstić information content (AvgIpc) is 2.37. The van der Waals surface area contributed by atoms with Crippen molar-refractivity contribution < 1.29 is 13.2 Å². The van der Waals surface area contributed by atoms with E-state index in [0.717, 1.165) is 0 Å². The number of rotatable bonds is 4. The molecule has 106 valence electrons. The third-order valence-electron chi connectivity index (χ3n) is 2.73. The van der Waals surface area contributed by atoms with Gasteiger partial charge in [-0.25, -0.2) is 23.5 Å². The van der Waals surface area contributed by atoms with Gasteiger partial charge in [0.1, 0.15) is 12.4 Å². The lowest BCUT2D eigenvalue weighted by Gasteiger charge is -2.12. The Labute approximate surface area is 117 Å². The topological polar surface area (TPSA) is 95.2 Å². The molecule has 0 saturated heterocycles. The normalized spacial score (nSPS) is 11.3. The molecule has 1 aromatic heterocycles. The zero-order valence-corrected chi connectivity index (χ0v) is 12.0.